The van der Waals surface area contributed by atoms with Crippen molar-refractivity contribution in [2.24, 2.45) is 0 Å². The molecule has 2 amide bonds. The lowest BCUT2D eigenvalue weighted by molar-refractivity contribution is 0.0934. The van der Waals surface area contributed by atoms with E-state index in [1.165, 1.54) is 17.3 Å². The quantitative estimate of drug-likeness (QED) is 0.395. The van der Waals surface area contributed by atoms with Crippen LogP contribution in [0.3, 0.4) is 0 Å². The molecule has 3 N–H and O–H groups in total. The predicted octanol–water partition coefficient (Wildman–Crippen LogP) is 2.45. The van der Waals surface area contributed by atoms with Gasteiger partial charge in [-0.1, -0.05) is 24.3 Å². The van der Waals surface area contributed by atoms with E-state index >= 15 is 0 Å². The van der Waals surface area contributed by atoms with Gasteiger partial charge in [0.2, 0.25) is 5.82 Å². The summed E-state index contributed by atoms with van der Waals surface area (Å²) in [5, 5.41) is 21.5. The molecule has 4 rings (SSSR count). The Hall–Kier alpha value is -3.99. The Morgan fingerprint density at radius 2 is 1.84 bits per heavy atom. The van der Waals surface area contributed by atoms with E-state index in [4.69, 9.17) is 0 Å². The van der Waals surface area contributed by atoms with Gasteiger partial charge >= 0.3 is 0 Å². The number of tetrazole rings is 1. The Bertz CT molecular complexity index is 1220. The molecule has 10 nitrogen and oxygen atoms in total. The second-order valence-corrected chi connectivity index (χ2v) is 8.20. The van der Waals surface area contributed by atoms with Gasteiger partial charge in [-0.2, -0.15) is 5.21 Å². The summed E-state index contributed by atoms with van der Waals surface area (Å²) in [6, 6.07) is 10.6. The maximum Gasteiger partial charge on any atom is 0.270 e. The molecule has 4 aromatic rings. The minimum absolute atomic E-state index is 0.117. The summed E-state index contributed by atoms with van der Waals surface area (Å²) in [5.74, 6) is -0.269. The van der Waals surface area contributed by atoms with Gasteiger partial charge in [-0.05, 0) is 41.6 Å². The Balaban J connectivity index is 1.38. The van der Waals surface area contributed by atoms with Crippen molar-refractivity contribution in [2.75, 3.05) is 0 Å². The van der Waals surface area contributed by atoms with Gasteiger partial charge in [0.15, 0.2) is 0 Å². The van der Waals surface area contributed by atoms with E-state index in [0.717, 1.165) is 16.7 Å². The molecule has 1 aromatic carbocycles. The third-order valence-corrected chi connectivity index (χ3v) is 5.64. The van der Waals surface area contributed by atoms with E-state index < -0.39 is 5.91 Å². The lowest BCUT2D eigenvalue weighted by Gasteiger charge is -2.14. The molecule has 0 aliphatic rings. The highest BCUT2D eigenvalue weighted by atomic mass is 32.1. The first-order valence-corrected chi connectivity index (χ1v) is 10.7. The fourth-order valence-corrected chi connectivity index (χ4v) is 3.74. The van der Waals surface area contributed by atoms with Crippen molar-refractivity contribution in [1.29, 1.82) is 0 Å². The van der Waals surface area contributed by atoms with Gasteiger partial charge in [0.1, 0.15) is 17.7 Å². The maximum absolute atomic E-state index is 12.7. The molecule has 0 saturated heterocycles. The van der Waals surface area contributed by atoms with Crippen molar-refractivity contribution >= 4 is 23.2 Å². The van der Waals surface area contributed by atoms with Crippen LogP contribution in [0.1, 0.15) is 49.9 Å². The van der Waals surface area contributed by atoms with Crippen LogP contribution in [0.5, 0.6) is 0 Å². The molecule has 32 heavy (non-hydrogen) atoms. The number of thiophene rings is 1. The molecule has 0 saturated carbocycles. The summed E-state index contributed by atoms with van der Waals surface area (Å²) in [5.41, 5.74) is 2.97. The van der Waals surface area contributed by atoms with Crippen LogP contribution >= 0.6 is 11.3 Å². The van der Waals surface area contributed by atoms with Crippen LogP contribution in [0.15, 0.2) is 48.1 Å². The highest BCUT2D eigenvalue weighted by molar-refractivity contribution is 7.10. The number of aromatic nitrogens is 6. The fraction of sp³-hybridized carbons (Fsp3) is 0.190. The number of amides is 2. The van der Waals surface area contributed by atoms with Gasteiger partial charge in [-0.3, -0.25) is 9.59 Å². The first kappa shape index (κ1) is 21.2. The molecular weight excluding hydrogens is 428 g/mol. The van der Waals surface area contributed by atoms with Crippen molar-refractivity contribution in [1.82, 2.24) is 41.2 Å². The number of aryl methyl sites for hydroxylation is 1. The fourth-order valence-electron chi connectivity index (χ4n) is 3.03. The molecule has 0 unspecified atom stereocenters. The van der Waals surface area contributed by atoms with E-state index in [1.54, 1.807) is 11.3 Å². The number of nitrogens with zero attached hydrogens (tertiary/aromatic N) is 5. The predicted molar refractivity (Wildman–Crippen MR) is 118 cm³/mol. The first-order chi connectivity index (χ1) is 15.5. The number of nitrogens with one attached hydrogen (secondary N) is 3. The number of benzene rings is 1. The Morgan fingerprint density at radius 1 is 1.09 bits per heavy atom. The topological polar surface area (TPSA) is 138 Å². The van der Waals surface area contributed by atoms with Gasteiger partial charge in [0, 0.05) is 23.1 Å². The first-order valence-electron chi connectivity index (χ1n) is 9.78. The second-order valence-electron chi connectivity index (χ2n) is 7.09. The highest BCUT2D eigenvalue weighted by Crippen LogP contribution is 2.19. The van der Waals surface area contributed by atoms with Crippen LogP contribution in [0.25, 0.3) is 11.4 Å². The number of aromatic amines is 1. The van der Waals surface area contributed by atoms with E-state index in [-0.39, 0.29) is 23.3 Å². The number of rotatable bonds is 7. The van der Waals surface area contributed by atoms with Crippen molar-refractivity contribution < 1.29 is 9.59 Å². The van der Waals surface area contributed by atoms with Crippen LogP contribution in [-0.4, -0.2) is 42.4 Å². The molecule has 0 aliphatic carbocycles. The zero-order chi connectivity index (χ0) is 22.5. The minimum atomic E-state index is -0.398. The number of hydrogen-bond donors (Lipinski definition) is 3. The number of carbonyl (C=O) groups is 2. The van der Waals surface area contributed by atoms with Crippen molar-refractivity contribution in [3.63, 3.8) is 0 Å². The second kappa shape index (κ2) is 9.43. The SMILES string of the molecule is Cc1cc(CNC(=O)c2cc(C(=O)N[C@@H](C)c3ccc(-c4nn[nH]n4)cc3)ncn2)cs1. The molecular formula is C21H20N8O2S. The molecule has 1 atom stereocenters. The summed E-state index contributed by atoms with van der Waals surface area (Å²) in [6.07, 6.45) is 1.21. The van der Waals surface area contributed by atoms with Crippen LogP contribution in [-0.2, 0) is 6.54 Å². The molecule has 162 valence electrons. The zero-order valence-corrected chi connectivity index (χ0v) is 18.2. The summed E-state index contributed by atoms with van der Waals surface area (Å²) in [4.78, 5) is 34.3. The van der Waals surface area contributed by atoms with E-state index in [0.29, 0.717) is 12.4 Å². The molecule has 3 heterocycles. The van der Waals surface area contributed by atoms with Gasteiger partial charge in [0.25, 0.3) is 11.8 Å². The molecule has 0 aliphatic heterocycles. The van der Waals surface area contributed by atoms with Gasteiger partial charge in [-0.15, -0.1) is 21.5 Å². The van der Waals surface area contributed by atoms with Crippen molar-refractivity contribution in [3.8, 4) is 11.4 Å². The van der Waals surface area contributed by atoms with Crippen LogP contribution in [0.2, 0.25) is 0 Å². The third-order valence-electron chi connectivity index (χ3n) is 4.73. The van der Waals surface area contributed by atoms with Crippen molar-refractivity contribution in [3.05, 3.63) is 75.5 Å². The van der Waals surface area contributed by atoms with Gasteiger partial charge < -0.3 is 10.6 Å². The highest BCUT2D eigenvalue weighted by Gasteiger charge is 2.16. The van der Waals surface area contributed by atoms with E-state index in [2.05, 4.69) is 41.2 Å². The monoisotopic (exact) mass is 448 g/mol. The van der Waals surface area contributed by atoms with Gasteiger partial charge in [-0.25, -0.2) is 9.97 Å². The molecule has 11 heteroatoms. The summed E-state index contributed by atoms with van der Waals surface area (Å²) >= 11 is 1.62. The van der Waals surface area contributed by atoms with Gasteiger partial charge in [0.05, 0.1) is 6.04 Å². The van der Waals surface area contributed by atoms with Crippen LogP contribution in [0, 0.1) is 6.92 Å². The largest absolute Gasteiger partial charge is 0.347 e. The van der Waals surface area contributed by atoms with Crippen molar-refractivity contribution in [2.45, 2.75) is 26.4 Å². The molecule has 3 aromatic heterocycles. The van der Waals surface area contributed by atoms with Crippen LogP contribution < -0.4 is 10.6 Å². The third kappa shape index (κ3) is 5.01. The number of carbonyl (C=O) groups excluding carboxylic acids is 2. The lowest BCUT2D eigenvalue weighted by Crippen LogP contribution is -2.29. The van der Waals surface area contributed by atoms with E-state index in [9.17, 15) is 9.59 Å². The van der Waals surface area contributed by atoms with Crippen LogP contribution in [0.4, 0.5) is 0 Å². The summed E-state index contributed by atoms with van der Waals surface area (Å²) in [6.45, 7) is 4.26. The zero-order valence-electron chi connectivity index (χ0n) is 17.4. The maximum atomic E-state index is 12.7. The number of H-pyrrole nitrogens is 1. The Kier molecular flexibility index (Phi) is 6.26. The standard InChI is InChI=1S/C21H20N8O2S/c1-12-7-14(10-32-12)9-22-20(30)17-8-18(24-11-23-17)21(31)25-13(2)15-3-5-16(6-4-15)19-26-28-29-27-19/h3-8,10-11,13H,9H2,1-2H3,(H,22,30)(H,25,31)(H,26,27,28,29)/t13-/m0/s1. The smallest absolute Gasteiger partial charge is 0.270 e. The Labute approximate surface area is 187 Å². The summed E-state index contributed by atoms with van der Waals surface area (Å²) in [7, 11) is 0. The normalized spacial score (nSPS) is 11.7. The molecule has 0 radical (unpaired) electrons. The summed E-state index contributed by atoms with van der Waals surface area (Å²) < 4.78 is 0. The molecule has 0 bridgehead atoms. The number of hydrogen-bond acceptors (Lipinski definition) is 8. The van der Waals surface area contributed by atoms with E-state index in [1.807, 2.05) is 49.6 Å². The average molecular weight is 449 g/mol. The molecule has 0 fully saturated rings. The minimum Gasteiger partial charge on any atom is -0.347 e. The Morgan fingerprint density at radius 3 is 2.50 bits per heavy atom. The average Bonchev–Trinajstić information content (AvgIpc) is 3.49. The lowest BCUT2D eigenvalue weighted by atomic mass is 10.1. The molecule has 0 spiro atoms.